The Morgan fingerprint density at radius 2 is 1.54 bits per heavy atom. The van der Waals surface area contributed by atoms with Crippen molar-refractivity contribution in [1.29, 1.82) is 0 Å². The molecule has 0 amide bonds. The second-order valence-electron chi connectivity index (χ2n) is 1.92. The maximum Gasteiger partial charge on any atom is 1.00 e. The molecule has 0 rings (SSSR count). The van der Waals surface area contributed by atoms with E-state index >= 15 is 0 Å². The minimum Gasteiger partial charge on any atom is -0.854 e. The Balaban J connectivity index is -0.0000000546. The van der Waals surface area contributed by atoms with Gasteiger partial charge in [0.15, 0.2) is 0 Å². The fourth-order valence-corrected chi connectivity index (χ4v) is 0.352. The molecule has 13 heavy (non-hydrogen) atoms. The van der Waals surface area contributed by atoms with Crippen molar-refractivity contribution >= 4 is 7.82 Å². The second kappa shape index (κ2) is 15.1. The summed E-state index contributed by atoms with van der Waals surface area (Å²) in [6.07, 6.45) is 3.11. The predicted octanol–water partition coefficient (Wildman–Crippen LogP) is -3.24. The van der Waals surface area contributed by atoms with Gasteiger partial charge in [-0.2, -0.15) is 0 Å². The van der Waals surface area contributed by atoms with Crippen LogP contribution in [0.4, 0.5) is 4.70 Å². The van der Waals surface area contributed by atoms with Gasteiger partial charge in [0.05, 0.1) is 0 Å². The minimum atomic E-state index is -4.64. The number of hydrogen-bond donors (Lipinski definition) is 3. The van der Waals surface area contributed by atoms with Gasteiger partial charge in [0, 0.05) is 0 Å². The largest absolute Gasteiger partial charge is 1.00 e. The quantitative estimate of drug-likeness (QED) is 0.259. The van der Waals surface area contributed by atoms with Gasteiger partial charge in [0.2, 0.25) is 0 Å². The smallest absolute Gasteiger partial charge is 0.854 e. The molecule has 0 saturated heterocycles. The molecule has 0 heterocycles. The van der Waals surface area contributed by atoms with Crippen molar-refractivity contribution in [2.45, 2.75) is 26.2 Å². The van der Waals surface area contributed by atoms with Gasteiger partial charge in [0.1, 0.15) is 0 Å². The Hall–Kier alpha value is 0.597. The van der Waals surface area contributed by atoms with Crippen LogP contribution in [0.2, 0.25) is 0 Å². The third kappa shape index (κ3) is 109. The van der Waals surface area contributed by atoms with Crippen LogP contribution in [0.15, 0.2) is 0 Å². The number of halogens is 1. The van der Waals surface area contributed by atoms with E-state index in [1.165, 1.54) is 0 Å². The molecule has 5 nitrogen and oxygen atoms in total. The van der Waals surface area contributed by atoms with Crippen molar-refractivity contribution in [3.63, 3.8) is 0 Å². The van der Waals surface area contributed by atoms with Gasteiger partial charge in [-0.05, 0) is 0 Å². The molecule has 0 aromatic carbocycles. The molecule has 0 aliphatic heterocycles. The molecule has 78 valence electrons. The summed E-state index contributed by atoms with van der Waals surface area (Å²) in [5.74, 6) is 0. The summed E-state index contributed by atoms with van der Waals surface area (Å²) in [4.78, 5) is 21.6. The van der Waals surface area contributed by atoms with Crippen LogP contribution in [-0.2, 0) is 4.57 Å². The van der Waals surface area contributed by atoms with Crippen molar-refractivity contribution < 1.29 is 47.9 Å². The van der Waals surface area contributed by atoms with Crippen LogP contribution in [0, 0.1) is 0 Å². The van der Waals surface area contributed by atoms with E-state index in [1.807, 2.05) is 0 Å². The molecular weight excluding hydrogens is 197 g/mol. The van der Waals surface area contributed by atoms with E-state index in [4.69, 9.17) is 19.2 Å². The first-order valence-corrected chi connectivity index (χ1v) is 4.84. The van der Waals surface area contributed by atoms with E-state index in [9.17, 15) is 5.11 Å². The van der Waals surface area contributed by atoms with Crippen molar-refractivity contribution in [2.75, 3.05) is 6.61 Å². The molecule has 0 aromatic rings. The molecule has 8 heteroatoms. The van der Waals surface area contributed by atoms with Gasteiger partial charge in [-0.25, -0.2) is 4.57 Å². The van der Waals surface area contributed by atoms with Crippen LogP contribution in [0.3, 0.4) is 0 Å². The summed E-state index contributed by atoms with van der Waals surface area (Å²) < 4.78 is 8.88. The van der Waals surface area contributed by atoms with Gasteiger partial charge in [-0.15, -0.1) is 6.61 Å². The first-order valence-electron chi connectivity index (χ1n) is 3.28. The number of rotatable bonds is 3. The van der Waals surface area contributed by atoms with Crippen LogP contribution < -0.4 is 24.0 Å². The van der Waals surface area contributed by atoms with Crippen molar-refractivity contribution in [3.8, 4) is 0 Å². The maximum absolute atomic E-state index is 9.69. The van der Waals surface area contributed by atoms with E-state index < -0.39 is 7.82 Å². The third-order valence-corrected chi connectivity index (χ3v) is 0.748. The third-order valence-electron chi connectivity index (χ3n) is 0.748. The molecule has 3 N–H and O–H groups in total. The number of unbranched alkanes of at least 4 members (excludes halogenated alkanes) is 2. The maximum atomic E-state index is 9.69. The van der Waals surface area contributed by atoms with Crippen LogP contribution in [0.5, 0.6) is 0 Å². The van der Waals surface area contributed by atoms with E-state index in [0.29, 0.717) is 0 Å². The van der Waals surface area contributed by atoms with Gasteiger partial charge in [-0.1, -0.05) is 26.2 Å². The first kappa shape index (κ1) is 23.4. The SMILES string of the molecule is CCCCC[O-].F.O=P(O)(O)O.[Li+]. The standard InChI is InChI=1S/C5H11O.FH.Li.H3O4P/c1-2-3-4-5-6;;;1-5(2,3)4/h2-5H2,1H3;1H;;(H3,1,2,3,4)/q-1;;+1;. The molecular formula is C5H15FLiO5P. The Labute approximate surface area is 89.0 Å². The molecule has 0 bridgehead atoms. The van der Waals surface area contributed by atoms with E-state index in [0.717, 1.165) is 19.3 Å². The summed E-state index contributed by atoms with van der Waals surface area (Å²) >= 11 is 0. The normalized spacial score (nSPS) is 8.69. The van der Waals surface area contributed by atoms with Crippen LogP contribution in [-0.4, -0.2) is 21.3 Å². The summed E-state index contributed by atoms with van der Waals surface area (Å²) in [6.45, 7) is 2.20. The van der Waals surface area contributed by atoms with Gasteiger partial charge in [-0.3, -0.25) is 4.70 Å². The first-order chi connectivity index (χ1) is 4.91. The average Bonchev–Trinajstić information content (AvgIpc) is 1.79. The molecule has 0 unspecified atom stereocenters. The van der Waals surface area contributed by atoms with Crippen molar-refractivity contribution in [3.05, 3.63) is 0 Å². The zero-order chi connectivity index (χ0) is 9.33. The Bertz CT molecular complexity index is 107. The van der Waals surface area contributed by atoms with Crippen LogP contribution >= 0.6 is 7.82 Å². The van der Waals surface area contributed by atoms with Crippen LogP contribution in [0.25, 0.3) is 0 Å². The Kier molecular flexibility index (Phi) is 27.2. The van der Waals surface area contributed by atoms with E-state index in [2.05, 4.69) is 6.92 Å². The molecule has 0 saturated carbocycles. The van der Waals surface area contributed by atoms with Gasteiger partial charge < -0.3 is 19.8 Å². The molecule has 0 fully saturated rings. The fraction of sp³-hybridized carbons (Fsp3) is 1.00. The zero-order valence-corrected chi connectivity index (χ0v) is 8.74. The van der Waals surface area contributed by atoms with Gasteiger partial charge in [0.25, 0.3) is 0 Å². The van der Waals surface area contributed by atoms with E-state index in [1.54, 1.807) is 0 Å². The second-order valence-corrected chi connectivity index (χ2v) is 2.95. The number of phosphoric acid groups is 1. The molecule has 0 atom stereocenters. The van der Waals surface area contributed by atoms with Crippen LogP contribution in [0.1, 0.15) is 26.2 Å². The monoisotopic (exact) mass is 212 g/mol. The average molecular weight is 212 g/mol. The zero-order valence-electron chi connectivity index (χ0n) is 7.84. The summed E-state index contributed by atoms with van der Waals surface area (Å²) in [6, 6.07) is 0. The molecule has 0 spiro atoms. The Morgan fingerprint density at radius 1 is 1.23 bits per heavy atom. The summed E-state index contributed by atoms with van der Waals surface area (Å²) in [5, 5.41) is 9.69. The summed E-state index contributed by atoms with van der Waals surface area (Å²) in [7, 11) is -4.64. The Morgan fingerprint density at radius 3 is 1.62 bits per heavy atom. The van der Waals surface area contributed by atoms with Gasteiger partial charge >= 0.3 is 26.7 Å². The van der Waals surface area contributed by atoms with Crippen molar-refractivity contribution in [1.82, 2.24) is 0 Å². The number of hydrogen-bond acceptors (Lipinski definition) is 2. The van der Waals surface area contributed by atoms with Crippen molar-refractivity contribution in [2.24, 2.45) is 0 Å². The molecule has 0 aliphatic rings. The minimum absolute atomic E-state index is 0. The molecule has 0 aromatic heterocycles. The molecule has 0 radical (unpaired) electrons. The topological polar surface area (TPSA) is 101 Å². The molecule has 0 aliphatic carbocycles. The van der Waals surface area contributed by atoms with E-state index in [-0.39, 0.29) is 30.2 Å². The fourth-order valence-electron chi connectivity index (χ4n) is 0.352. The summed E-state index contributed by atoms with van der Waals surface area (Å²) in [5.41, 5.74) is 0. The predicted molar refractivity (Wildman–Crippen MR) is 41.2 cm³/mol.